The van der Waals surface area contributed by atoms with Gasteiger partial charge in [-0.2, -0.15) is 0 Å². The molecule has 0 aromatic carbocycles. The summed E-state index contributed by atoms with van der Waals surface area (Å²) in [5.41, 5.74) is 1.65. The third-order valence-electron chi connectivity index (χ3n) is 3.81. The van der Waals surface area contributed by atoms with Gasteiger partial charge in [0, 0.05) is 6.20 Å². The van der Waals surface area contributed by atoms with Gasteiger partial charge >= 0.3 is 5.97 Å². The second-order valence-corrected chi connectivity index (χ2v) is 6.17. The number of carboxylic acids is 1. The molecule has 2 unspecified atom stereocenters. The molecule has 21 heavy (non-hydrogen) atoms. The van der Waals surface area contributed by atoms with Crippen LogP contribution in [0.3, 0.4) is 0 Å². The van der Waals surface area contributed by atoms with Crippen LogP contribution in [0.15, 0.2) is 23.6 Å². The van der Waals surface area contributed by atoms with Crippen LogP contribution in [-0.2, 0) is 4.79 Å². The highest BCUT2D eigenvalue weighted by atomic mass is 32.2. The predicted octanol–water partition coefficient (Wildman–Crippen LogP) is 2.08. The molecular weight excluding hydrogens is 290 g/mol. The van der Waals surface area contributed by atoms with E-state index in [-0.39, 0.29) is 11.8 Å². The van der Waals surface area contributed by atoms with Gasteiger partial charge in [-0.15, -0.1) is 0 Å². The number of fused-ring (bicyclic) bond motifs is 1. The van der Waals surface area contributed by atoms with E-state index >= 15 is 0 Å². The molecule has 112 valence electrons. The molecule has 7 heteroatoms. The van der Waals surface area contributed by atoms with Crippen molar-refractivity contribution >= 4 is 28.8 Å². The zero-order chi connectivity index (χ0) is 14.8. The molecular formula is C14H17N3O3S. The number of thioether (sulfide) groups is 1. The molecule has 3 rings (SSSR count). The van der Waals surface area contributed by atoms with Crippen molar-refractivity contribution in [2.45, 2.75) is 43.0 Å². The topological polar surface area (TPSA) is 88.2 Å². The van der Waals surface area contributed by atoms with E-state index in [0.29, 0.717) is 5.16 Å². The molecule has 6 nitrogen and oxygen atoms in total. The maximum atomic E-state index is 10.8. The maximum Gasteiger partial charge on any atom is 0.313 e. The lowest BCUT2D eigenvalue weighted by Crippen LogP contribution is -2.28. The number of aliphatic hydroxyl groups excluding tert-OH is 1. The fourth-order valence-corrected chi connectivity index (χ4v) is 3.66. The first-order valence-electron chi connectivity index (χ1n) is 7.01. The van der Waals surface area contributed by atoms with Crippen LogP contribution in [-0.4, -0.2) is 42.6 Å². The summed E-state index contributed by atoms with van der Waals surface area (Å²) in [4.78, 5) is 19.4. The fourth-order valence-electron chi connectivity index (χ4n) is 2.87. The maximum absolute atomic E-state index is 10.8. The van der Waals surface area contributed by atoms with Gasteiger partial charge in [0.1, 0.15) is 5.52 Å². The van der Waals surface area contributed by atoms with Crippen LogP contribution in [0.2, 0.25) is 0 Å². The molecule has 2 aromatic heterocycles. The number of aliphatic carboxylic acids is 1. The lowest BCUT2D eigenvalue weighted by Gasteiger charge is -2.30. The Hall–Kier alpha value is -1.60. The average Bonchev–Trinajstić information content (AvgIpc) is 2.84. The molecule has 0 amide bonds. The number of pyridine rings is 1. The van der Waals surface area contributed by atoms with Crippen molar-refractivity contribution in [2.75, 3.05) is 5.75 Å². The number of carbonyl (C=O) groups is 1. The monoisotopic (exact) mass is 307 g/mol. The molecule has 1 saturated carbocycles. The van der Waals surface area contributed by atoms with Crippen molar-refractivity contribution in [2.24, 2.45) is 0 Å². The molecule has 0 saturated heterocycles. The SMILES string of the molecule is O=C(O)CSc1nc2cnccc2n1C1CCCCC1O. The van der Waals surface area contributed by atoms with Crippen LogP contribution in [0.5, 0.6) is 0 Å². The van der Waals surface area contributed by atoms with Gasteiger partial charge in [0.25, 0.3) is 0 Å². The van der Waals surface area contributed by atoms with Crippen molar-refractivity contribution in [3.05, 3.63) is 18.5 Å². The quantitative estimate of drug-likeness (QED) is 0.841. The van der Waals surface area contributed by atoms with Crippen molar-refractivity contribution in [1.29, 1.82) is 0 Å². The van der Waals surface area contributed by atoms with Gasteiger partial charge in [-0.25, -0.2) is 4.98 Å². The first-order chi connectivity index (χ1) is 10.2. The van der Waals surface area contributed by atoms with Crippen molar-refractivity contribution in [1.82, 2.24) is 14.5 Å². The van der Waals surface area contributed by atoms with Crippen molar-refractivity contribution in [3.8, 4) is 0 Å². The first-order valence-corrected chi connectivity index (χ1v) is 8.00. The van der Waals surface area contributed by atoms with Gasteiger partial charge in [-0.1, -0.05) is 24.6 Å². The molecule has 0 spiro atoms. The molecule has 0 radical (unpaired) electrons. The molecule has 2 heterocycles. The van der Waals surface area contributed by atoms with E-state index in [2.05, 4.69) is 9.97 Å². The Morgan fingerprint density at radius 2 is 2.24 bits per heavy atom. The number of aliphatic hydroxyl groups is 1. The predicted molar refractivity (Wildman–Crippen MR) is 79.4 cm³/mol. The minimum absolute atomic E-state index is 0.0394. The highest BCUT2D eigenvalue weighted by Gasteiger charge is 2.28. The second-order valence-electron chi connectivity index (χ2n) is 5.23. The Bertz CT molecular complexity index is 658. The Morgan fingerprint density at radius 3 is 3.00 bits per heavy atom. The third-order valence-corrected chi connectivity index (χ3v) is 4.75. The van der Waals surface area contributed by atoms with Crippen molar-refractivity contribution in [3.63, 3.8) is 0 Å². The van der Waals surface area contributed by atoms with Gasteiger partial charge in [-0.3, -0.25) is 9.78 Å². The van der Waals surface area contributed by atoms with E-state index in [4.69, 9.17) is 5.11 Å². The van der Waals surface area contributed by atoms with Crippen molar-refractivity contribution < 1.29 is 15.0 Å². The van der Waals surface area contributed by atoms with Crippen LogP contribution in [0.1, 0.15) is 31.7 Å². The molecule has 1 fully saturated rings. The van der Waals surface area contributed by atoms with Crippen LogP contribution in [0.4, 0.5) is 0 Å². The fraction of sp³-hybridized carbons (Fsp3) is 0.500. The van der Waals surface area contributed by atoms with Crippen LogP contribution in [0, 0.1) is 0 Å². The van der Waals surface area contributed by atoms with Gasteiger partial charge in [0.2, 0.25) is 0 Å². The summed E-state index contributed by atoms with van der Waals surface area (Å²) < 4.78 is 1.99. The largest absolute Gasteiger partial charge is 0.481 e. The minimum atomic E-state index is -0.874. The Labute approximate surface area is 126 Å². The molecule has 2 atom stereocenters. The van der Waals surface area contributed by atoms with Gasteiger partial charge in [-0.05, 0) is 18.9 Å². The summed E-state index contributed by atoms with van der Waals surface area (Å²) in [6, 6.07) is 1.83. The molecule has 0 bridgehead atoms. The zero-order valence-corrected chi connectivity index (χ0v) is 12.3. The average molecular weight is 307 g/mol. The van der Waals surface area contributed by atoms with E-state index in [0.717, 1.165) is 36.7 Å². The molecule has 2 aromatic rings. The number of imidazole rings is 1. The second kappa shape index (κ2) is 6.03. The summed E-state index contributed by atoms with van der Waals surface area (Å²) in [6.45, 7) is 0. The standard InChI is InChI=1S/C14H17N3O3S/c18-12-4-2-1-3-11(12)17-10-5-6-15-7-9(10)16-14(17)21-8-13(19)20/h5-7,11-12,18H,1-4,8H2,(H,19,20). The summed E-state index contributed by atoms with van der Waals surface area (Å²) in [5, 5.41) is 19.8. The molecule has 1 aliphatic rings. The van der Waals surface area contributed by atoms with E-state index in [9.17, 15) is 9.90 Å². The number of aromatic nitrogens is 3. The summed E-state index contributed by atoms with van der Waals surface area (Å²) in [6.07, 6.45) is 6.72. The summed E-state index contributed by atoms with van der Waals surface area (Å²) in [5.74, 6) is -0.916. The summed E-state index contributed by atoms with van der Waals surface area (Å²) in [7, 11) is 0. The smallest absolute Gasteiger partial charge is 0.313 e. The van der Waals surface area contributed by atoms with Crippen LogP contribution < -0.4 is 0 Å². The molecule has 2 N–H and O–H groups in total. The Kier molecular flexibility index (Phi) is 4.12. The zero-order valence-electron chi connectivity index (χ0n) is 11.5. The number of nitrogens with zero attached hydrogens (tertiary/aromatic N) is 3. The van der Waals surface area contributed by atoms with Crippen LogP contribution in [0.25, 0.3) is 11.0 Å². The highest BCUT2D eigenvalue weighted by molar-refractivity contribution is 7.99. The van der Waals surface area contributed by atoms with Gasteiger partial charge < -0.3 is 14.8 Å². The summed E-state index contributed by atoms with van der Waals surface area (Å²) >= 11 is 1.19. The normalized spacial score (nSPS) is 22.5. The Morgan fingerprint density at radius 1 is 1.43 bits per heavy atom. The van der Waals surface area contributed by atoms with E-state index < -0.39 is 12.1 Å². The number of rotatable bonds is 4. The van der Waals surface area contributed by atoms with Gasteiger partial charge in [0.15, 0.2) is 5.16 Å². The third kappa shape index (κ3) is 2.89. The van der Waals surface area contributed by atoms with E-state index in [1.54, 1.807) is 12.4 Å². The first kappa shape index (κ1) is 14.3. The lowest BCUT2D eigenvalue weighted by molar-refractivity contribution is -0.133. The number of hydrogen-bond acceptors (Lipinski definition) is 5. The van der Waals surface area contributed by atoms with E-state index in [1.165, 1.54) is 11.8 Å². The van der Waals surface area contributed by atoms with Crippen LogP contribution >= 0.6 is 11.8 Å². The molecule has 1 aliphatic carbocycles. The number of carboxylic acid groups (broad SMARTS) is 1. The highest BCUT2D eigenvalue weighted by Crippen LogP contribution is 2.35. The van der Waals surface area contributed by atoms with E-state index in [1.807, 2.05) is 10.6 Å². The molecule has 0 aliphatic heterocycles. The van der Waals surface area contributed by atoms with Gasteiger partial charge in [0.05, 0.1) is 29.6 Å². The lowest BCUT2D eigenvalue weighted by atomic mass is 9.92. The minimum Gasteiger partial charge on any atom is -0.481 e. The number of hydrogen-bond donors (Lipinski definition) is 2. The Balaban J connectivity index is 2.04.